The Labute approximate surface area is 202 Å². The Morgan fingerprint density at radius 1 is 0.727 bits per heavy atom. The van der Waals surface area contributed by atoms with E-state index in [4.69, 9.17) is 9.47 Å². The Balaban J connectivity index is 1.29. The van der Waals surface area contributed by atoms with Crippen LogP contribution in [0.1, 0.15) is 123 Å². The van der Waals surface area contributed by atoms with Gasteiger partial charge in [-0.15, -0.1) is 0 Å². The van der Waals surface area contributed by atoms with Crippen molar-refractivity contribution in [2.45, 2.75) is 135 Å². The highest BCUT2D eigenvalue weighted by Crippen LogP contribution is 2.41. The Morgan fingerprint density at radius 3 is 1.91 bits per heavy atom. The number of carbonyl (C=O) groups is 2. The van der Waals surface area contributed by atoms with Crippen LogP contribution in [0.15, 0.2) is 12.2 Å². The number of hydrogen-bond donors (Lipinski definition) is 0. The van der Waals surface area contributed by atoms with Crippen molar-refractivity contribution >= 4 is 11.9 Å². The van der Waals surface area contributed by atoms with Gasteiger partial charge in [0, 0.05) is 6.08 Å². The Hall–Kier alpha value is -1.32. The highest BCUT2D eigenvalue weighted by Gasteiger charge is 2.35. The molecular formula is C29H48O4. The van der Waals surface area contributed by atoms with Crippen LogP contribution in [0.4, 0.5) is 0 Å². The minimum absolute atomic E-state index is 0.0828. The van der Waals surface area contributed by atoms with Crippen molar-refractivity contribution < 1.29 is 19.1 Å². The first-order chi connectivity index (χ1) is 16.1. The zero-order chi connectivity index (χ0) is 23.5. The number of rotatable bonds is 10. The number of hydrogen-bond acceptors (Lipinski definition) is 4. The molecule has 0 bridgehead atoms. The lowest BCUT2D eigenvalue weighted by molar-refractivity contribution is -0.157. The van der Waals surface area contributed by atoms with E-state index in [1.54, 1.807) is 6.08 Å². The molecule has 0 aromatic carbocycles. The first kappa shape index (κ1) is 26.3. The highest BCUT2D eigenvalue weighted by molar-refractivity contribution is 5.81. The van der Waals surface area contributed by atoms with E-state index in [1.807, 2.05) is 6.92 Å². The molecule has 0 aliphatic heterocycles. The fourth-order valence-corrected chi connectivity index (χ4v) is 6.50. The standard InChI is InChI=1S/C29H48O4/c1-3-5-6-7-9-22-10-18-27(19-11-22)33-29(31)25-14-12-23(13-15-25)24-16-20-26(21-17-24)32-28(30)8-4-2/h4,8,22-27H,3,5-7,9-21H2,1-2H3/b8-4+. The van der Waals surface area contributed by atoms with Gasteiger partial charge in [-0.25, -0.2) is 4.79 Å². The minimum atomic E-state index is -0.208. The summed E-state index contributed by atoms with van der Waals surface area (Å²) in [7, 11) is 0. The van der Waals surface area contributed by atoms with Crippen LogP contribution in [0.25, 0.3) is 0 Å². The van der Waals surface area contributed by atoms with E-state index in [0.29, 0.717) is 0 Å². The molecule has 3 saturated carbocycles. The zero-order valence-corrected chi connectivity index (χ0v) is 21.3. The van der Waals surface area contributed by atoms with E-state index in [9.17, 15) is 9.59 Å². The lowest BCUT2D eigenvalue weighted by Crippen LogP contribution is -2.33. The highest BCUT2D eigenvalue weighted by atomic mass is 16.5. The monoisotopic (exact) mass is 460 g/mol. The maximum Gasteiger partial charge on any atom is 0.330 e. The molecule has 3 aliphatic rings. The lowest BCUT2D eigenvalue weighted by atomic mass is 9.70. The molecule has 33 heavy (non-hydrogen) atoms. The first-order valence-corrected chi connectivity index (χ1v) is 14.1. The number of unbranched alkanes of at least 4 members (excludes halogenated alkanes) is 3. The largest absolute Gasteiger partial charge is 0.462 e. The number of ether oxygens (including phenoxy) is 2. The zero-order valence-electron chi connectivity index (χ0n) is 21.3. The predicted octanol–water partition coefficient (Wildman–Crippen LogP) is 7.54. The van der Waals surface area contributed by atoms with Crippen molar-refractivity contribution in [1.29, 1.82) is 0 Å². The second kappa shape index (κ2) is 14.2. The second-order valence-electron chi connectivity index (χ2n) is 11.0. The van der Waals surface area contributed by atoms with Crippen molar-refractivity contribution in [2.75, 3.05) is 0 Å². The molecule has 3 aliphatic carbocycles. The van der Waals surface area contributed by atoms with Gasteiger partial charge in [-0.2, -0.15) is 0 Å². The molecular weight excluding hydrogens is 412 g/mol. The molecule has 0 spiro atoms. The smallest absolute Gasteiger partial charge is 0.330 e. The summed E-state index contributed by atoms with van der Waals surface area (Å²) in [6.45, 7) is 4.11. The fourth-order valence-electron chi connectivity index (χ4n) is 6.50. The van der Waals surface area contributed by atoms with Crippen molar-refractivity contribution in [3.05, 3.63) is 12.2 Å². The average Bonchev–Trinajstić information content (AvgIpc) is 2.83. The van der Waals surface area contributed by atoms with Gasteiger partial charge in [-0.1, -0.05) is 45.1 Å². The van der Waals surface area contributed by atoms with Crippen molar-refractivity contribution in [3.63, 3.8) is 0 Å². The van der Waals surface area contributed by atoms with Gasteiger partial charge >= 0.3 is 11.9 Å². The number of carbonyl (C=O) groups excluding carboxylic acids is 2. The molecule has 4 nitrogen and oxygen atoms in total. The number of allylic oxidation sites excluding steroid dienone is 1. The first-order valence-electron chi connectivity index (χ1n) is 14.1. The summed E-state index contributed by atoms with van der Waals surface area (Å²) in [6.07, 6.45) is 23.4. The summed E-state index contributed by atoms with van der Waals surface area (Å²) < 4.78 is 11.5. The molecule has 4 heteroatoms. The van der Waals surface area contributed by atoms with Gasteiger partial charge in [0.15, 0.2) is 0 Å². The van der Waals surface area contributed by atoms with Crippen molar-refractivity contribution in [3.8, 4) is 0 Å². The Morgan fingerprint density at radius 2 is 1.30 bits per heavy atom. The maximum atomic E-state index is 12.8. The van der Waals surface area contributed by atoms with Crippen LogP contribution in [0.2, 0.25) is 0 Å². The molecule has 0 amide bonds. The van der Waals surface area contributed by atoms with Crippen molar-refractivity contribution in [1.82, 2.24) is 0 Å². The number of esters is 2. The fraction of sp³-hybridized carbons (Fsp3) is 0.862. The Bertz CT molecular complexity index is 603. The van der Waals surface area contributed by atoms with E-state index >= 15 is 0 Å². The van der Waals surface area contributed by atoms with Crippen LogP contribution < -0.4 is 0 Å². The van der Waals surface area contributed by atoms with Crippen LogP contribution >= 0.6 is 0 Å². The Kier molecular flexibility index (Phi) is 11.3. The molecule has 3 rings (SSSR count). The maximum absolute atomic E-state index is 12.8. The van der Waals surface area contributed by atoms with Crippen LogP contribution in [0.3, 0.4) is 0 Å². The molecule has 0 aromatic rings. The summed E-state index contributed by atoms with van der Waals surface area (Å²) in [5.74, 6) is 2.30. The third-order valence-electron chi connectivity index (χ3n) is 8.62. The van der Waals surface area contributed by atoms with E-state index in [0.717, 1.165) is 82.0 Å². The van der Waals surface area contributed by atoms with Gasteiger partial charge in [0.25, 0.3) is 0 Å². The molecule has 0 heterocycles. The predicted molar refractivity (Wildman–Crippen MR) is 133 cm³/mol. The summed E-state index contributed by atoms with van der Waals surface area (Å²) >= 11 is 0. The van der Waals surface area contributed by atoms with Gasteiger partial charge in [0.2, 0.25) is 0 Å². The van der Waals surface area contributed by atoms with E-state index in [2.05, 4.69) is 6.92 Å². The summed E-state index contributed by atoms with van der Waals surface area (Å²) in [4.78, 5) is 24.5. The van der Waals surface area contributed by atoms with Crippen LogP contribution in [-0.4, -0.2) is 24.1 Å². The van der Waals surface area contributed by atoms with E-state index in [1.165, 1.54) is 51.0 Å². The van der Waals surface area contributed by atoms with Gasteiger partial charge in [-0.05, 0) is 102 Å². The van der Waals surface area contributed by atoms with E-state index in [-0.39, 0.29) is 30.1 Å². The van der Waals surface area contributed by atoms with Gasteiger partial charge in [0.05, 0.1) is 5.92 Å². The molecule has 0 radical (unpaired) electrons. The summed E-state index contributed by atoms with van der Waals surface area (Å²) in [5.41, 5.74) is 0. The minimum Gasteiger partial charge on any atom is -0.462 e. The molecule has 0 unspecified atom stereocenters. The molecule has 0 aromatic heterocycles. The summed E-state index contributed by atoms with van der Waals surface area (Å²) in [5, 5.41) is 0. The second-order valence-corrected chi connectivity index (χ2v) is 11.0. The molecule has 3 fully saturated rings. The van der Waals surface area contributed by atoms with Gasteiger partial charge < -0.3 is 9.47 Å². The molecule has 0 N–H and O–H groups in total. The van der Waals surface area contributed by atoms with Gasteiger partial charge in [0.1, 0.15) is 12.2 Å². The third kappa shape index (κ3) is 8.76. The lowest BCUT2D eigenvalue weighted by Gasteiger charge is -2.37. The van der Waals surface area contributed by atoms with E-state index < -0.39 is 0 Å². The van der Waals surface area contributed by atoms with Crippen LogP contribution in [0, 0.1) is 23.7 Å². The third-order valence-corrected chi connectivity index (χ3v) is 8.62. The topological polar surface area (TPSA) is 52.6 Å². The van der Waals surface area contributed by atoms with Crippen LogP contribution in [-0.2, 0) is 19.1 Å². The molecule has 0 saturated heterocycles. The van der Waals surface area contributed by atoms with Gasteiger partial charge in [-0.3, -0.25) is 4.79 Å². The SMILES string of the molecule is C/C=C/C(=O)OC1CCC(C2CCC(C(=O)OC3CCC(CCCCCC)CC3)CC2)CC1. The van der Waals surface area contributed by atoms with Crippen molar-refractivity contribution in [2.24, 2.45) is 23.7 Å². The summed E-state index contributed by atoms with van der Waals surface area (Å²) in [6, 6.07) is 0. The quantitative estimate of drug-likeness (QED) is 0.192. The molecule has 188 valence electrons. The average molecular weight is 461 g/mol. The molecule has 0 atom stereocenters. The van der Waals surface area contributed by atoms with Crippen LogP contribution in [0.5, 0.6) is 0 Å². The normalized spacial score (nSPS) is 33.0.